The molecule has 0 aliphatic rings. The lowest BCUT2D eigenvalue weighted by Crippen LogP contribution is -2.13. The van der Waals surface area contributed by atoms with E-state index in [0.717, 1.165) is 12.1 Å². The molecular formula is C22H15F4N3O2S. The molecule has 0 saturated carbocycles. The number of nitrogens with one attached hydrogen (secondary N) is 1. The Morgan fingerprint density at radius 3 is 2.44 bits per heavy atom. The van der Waals surface area contributed by atoms with E-state index < -0.39 is 27.6 Å². The highest BCUT2D eigenvalue weighted by atomic mass is 32.2. The topological polar surface area (TPSA) is 88.8 Å². The molecule has 0 atom stereocenters. The summed E-state index contributed by atoms with van der Waals surface area (Å²) in [7, 11) is -3.95. The van der Waals surface area contributed by atoms with Crippen LogP contribution in [0.5, 0.6) is 0 Å². The SMILES string of the molecule is NS(=O)(=O)c1ccccc1-c1ccc2[nH]c(C=Cc3ccc(F)cc3C(F)(F)F)nc2c1. The molecule has 3 aromatic carbocycles. The summed E-state index contributed by atoms with van der Waals surface area (Å²) in [4.78, 5) is 7.26. The Bertz CT molecular complexity index is 1460. The van der Waals surface area contributed by atoms with Crippen molar-refractivity contribution in [3.63, 3.8) is 0 Å². The van der Waals surface area contributed by atoms with Crippen molar-refractivity contribution >= 4 is 33.2 Å². The standard InChI is InChI=1S/C22H15F4N3O2S/c23-15-8-5-13(17(12-15)22(24,25)26)7-10-21-28-18-9-6-14(11-19(18)29-21)16-3-1-2-4-20(16)32(27,30)31/h1-12H,(H,28,29)(H2,27,30,31). The van der Waals surface area contributed by atoms with E-state index >= 15 is 0 Å². The summed E-state index contributed by atoms with van der Waals surface area (Å²) in [5.41, 5.74) is 0.729. The molecule has 0 radical (unpaired) electrons. The molecule has 1 heterocycles. The van der Waals surface area contributed by atoms with Crippen molar-refractivity contribution in [1.82, 2.24) is 9.97 Å². The second-order valence-electron chi connectivity index (χ2n) is 6.96. The number of H-pyrrole nitrogens is 1. The number of hydrogen-bond acceptors (Lipinski definition) is 3. The number of rotatable bonds is 4. The van der Waals surface area contributed by atoms with Crippen molar-refractivity contribution in [2.24, 2.45) is 5.14 Å². The zero-order chi connectivity index (χ0) is 23.1. The number of fused-ring (bicyclic) bond motifs is 1. The first-order chi connectivity index (χ1) is 15.0. The van der Waals surface area contributed by atoms with Gasteiger partial charge in [-0.25, -0.2) is 22.9 Å². The van der Waals surface area contributed by atoms with Crippen LogP contribution in [0, 0.1) is 5.82 Å². The van der Waals surface area contributed by atoms with Gasteiger partial charge in [-0.1, -0.05) is 36.4 Å². The third-order valence-electron chi connectivity index (χ3n) is 4.75. The average Bonchev–Trinajstić information content (AvgIpc) is 3.13. The molecular weight excluding hydrogens is 446 g/mol. The van der Waals surface area contributed by atoms with Gasteiger partial charge in [-0.15, -0.1) is 0 Å². The van der Waals surface area contributed by atoms with Crippen LogP contribution in [0.3, 0.4) is 0 Å². The molecule has 0 fully saturated rings. The lowest BCUT2D eigenvalue weighted by Gasteiger charge is -2.10. The molecule has 0 saturated heterocycles. The van der Waals surface area contributed by atoms with Crippen molar-refractivity contribution in [3.8, 4) is 11.1 Å². The minimum Gasteiger partial charge on any atom is -0.338 e. The average molecular weight is 461 g/mol. The zero-order valence-electron chi connectivity index (χ0n) is 16.2. The third kappa shape index (κ3) is 4.41. The van der Waals surface area contributed by atoms with E-state index in [4.69, 9.17) is 5.14 Å². The molecule has 0 unspecified atom stereocenters. The van der Waals surface area contributed by atoms with Gasteiger partial charge in [0, 0.05) is 5.56 Å². The Balaban J connectivity index is 1.72. The molecule has 4 rings (SSSR count). The molecule has 3 N–H and O–H groups in total. The lowest BCUT2D eigenvalue weighted by molar-refractivity contribution is -0.137. The Morgan fingerprint density at radius 1 is 0.969 bits per heavy atom. The number of benzene rings is 3. The fraction of sp³-hybridized carbons (Fsp3) is 0.0455. The first-order valence-corrected chi connectivity index (χ1v) is 10.7. The van der Waals surface area contributed by atoms with Crippen LogP contribution in [0.15, 0.2) is 65.6 Å². The quantitative estimate of drug-likeness (QED) is 0.409. The smallest absolute Gasteiger partial charge is 0.338 e. The van der Waals surface area contributed by atoms with E-state index in [1.54, 1.807) is 36.4 Å². The van der Waals surface area contributed by atoms with Gasteiger partial charge in [0.15, 0.2) is 0 Å². The van der Waals surface area contributed by atoms with Gasteiger partial charge < -0.3 is 4.98 Å². The summed E-state index contributed by atoms with van der Waals surface area (Å²) < 4.78 is 76.5. The molecule has 10 heteroatoms. The second kappa shape index (κ2) is 7.88. The van der Waals surface area contributed by atoms with Crippen molar-refractivity contribution in [3.05, 3.63) is 83.4 Å². The maximum atomic E-state index is 13.3. The first kappa shape index (κ1) is 21.7. The van der Waals surface area contributed by atoms with Crippen LogP contribution < -0.4 is 5.14 Å². The third-order valence-corrected chi connectivity index (χ3v) is 5.72. The minimum absolute atomic E-state index is 0.0361. The van der Waals surface area contributed by atoms with Crippen molar-refractivity contribution in [2.75, 3.05) is 0 Å². The predicted octanol–water partition coefficient (Wildman–Crippen LogP) is 5.21. The summed E-state index contributed by atoms with van der Waals surface area (Å²) >= 11 is 0. The number of aromatic amines is 1. The van der Waals surface area contributed by atoms with Gasteiger partial charge in [-0.05, 0) is 47.5 Å². The summed E-state index contributed by atoms with van der Waals surface area (Å²) in [6.45, 7) is 0. The van der Waals surface area contributed by atoms with E-state index in [1.807, 2.05) is 0 Å². The molecule has 5 nitrogen and oxygen atoms in total. The molecule has 32 heavy (non-hydrogen) atoms. The van der Waals surface area contributed by atoms with Crippen LogP contribution in [-0.2, 0) is 16.2 Å². The van der Waals surface area contributed by atoms with Crippen LogP contribution in [-0.4, -0.2) is 18.4 Å². The number of imidazole rings is 1. The highest BCUT2D eigenvalue weighted by Gasteiger charge is 2.33. The van der Waals surface area contributed by atoms with Crippen LogP contribution in [0.4, 0.5) is 17.6 Å². The van der Waals surface area contributed by atoms with Gasteiger partial charge in [-0.3, -0.25) is 0 Å². The van der Waals surface area contributed by atoms with E-state index in [2.05, 4.69) is 9.97 Å². The number of hydrogen-bond donors (Lipinski definition) is 2. The number of alkyl halides is 3. The number of aromatic nitrogens is 2. The lowest BCUT2D eigenvalue weighted by atomic mass is 10.1. The Morgan fingerprint density at radius 2 is 1.72 bits per heavy atom. The first-order valence-electron chi connectivity index (χ1n) is 9.19. The fourth-order valence-electron chi connectivity index (χ4n) is 3.31. The van der Waals surface area contributed by atoms with E-state index in [0.29, 0.717) is 28.2 Å². The molecule has 0 amide bonds. The fourth-order valence-corrected chi connectivity index (χ4v) is 4.07. The summed E-state index contributed by atoms with van der Waals surface area (Å²) in [6, 6.07) is 13.7. The molecule has 0 aliphatic heterocycles. The number of nitrogens with two attached hydrogens (primary N) is 1. The van der Waals surface area contributed by atoms with Gasteiger partial charge in [0.1, 0.15) is 11.6 Å². The number of halogens is 4. The Hall–Kier alpha value is -3.50. The number of nitrogens with zero attached hydrogens (tertiary/aromatic N) is 1. The largest absolute Gasteiger partial charge is 0.417 e. The normalized spacial score (nSPS) is 12.7. The molecule has 0 bridgehead atoms. The summed E-state index contributed by atoms with van der Waals surface area (Å²) in [5, 5.41) is 5.30. The zero-order valence-corrected chi connectivity index (χ0v) is 17.0. The Labute approximate surface area is 180 Å². The van der Waals surface area contributed by atoms with Gasteiger partial charge >= 0.3 is 6.18 Å². The van der Waals surface area contributed by atoms with E-state index in [1.165, 1.54) is 18.2 Å². The highest BCUT2D eigenvalue weighted by molar-refractivity contribution is 7.89. The highest BCUT2D eigenvalue weighted by Crippen LogP contribution is 2.33. The molecule has 4 aromatic rings. The van der Waals surface area contributed by atoms with E-state index in [-0.39, 0.29) is 16.3 Å². The van der Waals surface area contributed by atoms with Crippen molar-refractivity contribution < 1.29 is 26.0 Å². The Kier molecular flexibility index (Phi) is 5.35. The summed E-state index contributed by atoms with van der Waals surface area (Å²) in [6.07, 6.45) is -2.17. The number of sulfonamides is 1. The van der Waals surface area contributed by atoms with E-state index in [9.17, 15) is 26.0 Å². The molecule has 1 aromatic heterocycles. The van der Waals surface area contributed by atoms with Crippen molar-refractivity contribution in [1.29, 1.82) is 0 Å². The van der Waals surface area contributed by atoms with Gasteiger partial charge in [0.2, 0.25) is 10.0 Å². The predicted molar refractivity (Wildman–Crippen MR) is 113 cm³/mol. The van der Waals surface area contributed by atoms with Crippen LogP contribution >= 0.6 is 0 Å². The van der Waals surface area contributed by atoms with Gasteiger partial charge in [-0.2, -0.15) is 13.2 Å². The number of primary sulfonamides is 1. The second-order valence-corrected chi connectivity index (χ2v) is 8.49. The van der Waals surface area contributed by atoms with Crippen LogP contribution in [0.1, 0.15) is 17.0 Å². The van der Waals surface area contributed by atoms with Crippen LogP contribution in [0.25, 0.3) is 34.3 Å². The van der Waals surface area contributed by atoms with Gasteiger partial charge in [0.05, 0.1) is 21.5 Å². The maximum Gasteiger partial charge on any atom is 0.417 e. The molecule has 164 valence electrons. The minimum atomic E-state index is -4.71. The van der Waals surface area contributed by atoms with Crippen LogP contribution in [0.2, 0.25) is 0 Å². The molecule has 0 aliphatic carbocycles. The summed E-state index contributed by atoms with van der Waals surface area (Å²) in [5.74, 6) is -0.708. The maximum absolute atomic E-state index is 13.3. The van der Waals surface area contributed by atoms with Crippen molar-refractivity contribution in [2.45, 2.75) is 11.1 Å². The molecule has 0 spiro atoms. The van der Waals surface area contributed by atoms with Gasteiger partial charge in [0.25, 0.3) is 0 Å². The monoisotopic (exact) mass is 461 g/mol.